The molecule has 1 unspecified atom stereocenters. The molecule has 1 atom stereocenters. The van der Waals surface area contributed by atoms with Crippen LogP contribution in [-0.2, 0) is 0 Å². The van der Waals surface area contributed by atoms with E-state index in [1.807, 2.05) is 6.92 Å². The summed E-state index contributed by atoms with van der Waals surface area (Å²) in [5.41, 5.74) is -0.116. The van der Waals surface area contributed by atoms with Crippen molar-refractivity contribution in [3.8, 4) is 6.07 Å². The first-order chi connectivity index (χ1) is 9.12. The summed E-state index contributed by atoms with van der Waals surface area (Å²) in [5.74, 6) is -1.40. The van der Waals surface area contributed by atoms with E-state index in [0.717, 1.165) is 44.2 Å². The summed E-state index contributed by atoms with van der Waals surface area (Å²) in [6.07, 6.45) is 4.81. The zero-order chi connectivity index (χ0) is 14.3. The molecule has 0 aliphatic rings. The molecule has 4 heteroatoms. The van der Waals surface area contributed by atoms with Gasteiger partial charge in [0.25, 0.3) is 0 Å². The molecular formula is C15H20F2N2. The third-order valence-corrected chi connectivity index (χ3v) is 3.06. The summed E-state index contributed by atoms with van der Waals surface area (Å²) in [5, 5.41) is 11.6. The second-order valence-corrected chi connectivity index (χ2v) is 4.70. The van der Waals surface area contributed by atoms with Gasteiger partial charge in [-0.1, -0.05) is 33.1 Å². The Bertz CT molecular complexity index is 429. The van der Waals surface area contributed by atoms with Crippen LogP contribution < -0.4 is 5.32 Å². The molecule has 104 valence electrons. The Morgan fingerprint density at radius 3 is 2.26 bits per heavy atom. The van der Waals surface area contributed by atoms with Crippen molar-refractivity contribution in [2.45, 2.75) is 52.0 Å². The predicted octanol–water partition coefficient (Wildman–Crippen LogP) is 4.61. The Kier molecular flexibility index (Phi) is 6.27. The van der Waals surface area contributed by atoms with E-state index in [4.69, 9.17) is 5.26 Å². The number of unbranched alkanes of at least 4 members (excludes halogenated alkanes) is 1. The fourth-order valence-electron chi connectivity index (χ4n) is 2.07. The van der Waals surface area contributed by atoms with Gasteiger partial charge in [-0.2, -0.15) is 5.26 Å². The summed E-state index contributed by atoms with van der Waals surface area (Å²) in [7, 11) is 0. The van der Waals surface area contributed by atoms with Crippen LogP contribution in [0.1, 0.15) is 51.5 Å². The molecule has 0 spiro atoms. The molecule has 0 saturated carbocycles. The van der Waals surface area contributed by atoms with Crippen LogP contribution in [0, 0.1) is 23.0 Å². The molecular weight excluding hydrogens is 246 g/mol. The van der Waals surface area contributed by atoms with Crippen LogP contribution >= 0.6 is 0 Å². The lowest BCUT2D eigenvalue weighted by Gasteiger charge is -2.20. The van der Waals surface area contributed by atoms with Gasteiger partial charge in [-0.3, -0.25) is 0 Å². The van der Waals surface area contributed by atoms with Crippen molar-refractivity contribution < 1.29 is 8.78 Å². The highest BCUT2D eigenvalue weighted by Gasteiger charge is 2.15. The first kappa shape index (κ1) is 15.4. The van der Waals surface area contributed by atoms with Crippen LogP contribution in [0.4, 0.5) is 14.5 Å². The number of hydrogen-bond acceptors (Lipinski definition) is 2. The number of halogens is 2. The molecule has 0 aliphatic heterocycles. The zero-order valence-electron chi connectivity index (χ0n) is 11.5. The number of rotatable bonds is 7. The fraction of sp³-hybridized carbons (Fsp3) is 0.533. The summed E-state index contributed by atoms with van der Waals surface area (Å²) in [4.78, 5) is 0. The maximum atomic E-state index is 13.8. The van der Waals surface area contributed by atoms with Crippen molar-refractivity contribution in [3.63, 3.8) is 0 Å². The SMILES string of the molecule is CCCCC(CCC)Nc1c(F)cc(C#N)cc1F. The average Bonchev–Trinajstić information content (AvgIpc) is 2.39. The minimum atomic E-state index is -0.700. The number of anilines is 1. The second kappa shape index (κ2) is 7.73. The maximum Gasteiger partial charge on any atom is 0.150 e. The van der Waals surface area contributed by atoms with Crippen molar-refractivity contribution >= 4 is 5.69 Å². The van der Waals surface area contributed by atoms with Crippen molar-refractivity contribution in [1.82, 2.24) is 0 Å². The van der Waals surface area contributed by atoms with E-state index in [9.17, 15) is 8.78 Å². The Balaban J connectivity index is 2.87. The number of hydrogen-bond donors (Lipinski definition) is 1. The van der Waals surface area contributed by atoms with E-state index in [2.05, 4.69) is 12.2 Å². The molecule has 0 amide bonds. The largest absolute Gasteiger partial charge is 0.378 e. The highest BCUT2D eigenvalue weighted by Crippen LogP contribution is 2.23. The minimum absolute atomic E-state index is 0.00106. The Hall–Kier alpha value is -1.63. The van der Waals surface area contributed by atoms with Crippen LogP contribution in [0.5, 0.6) is 0 Å². The zero-order valence-corrected chi connectivity index (χ0v) is 11.5. The number of nitriles is 1. The molecule has 0 aliphatic carbocycles. The van der Waals surface area contributed by atoms with Crippen LogP contribution in [0.15, 0.2) is 12.1 Å². The minimum Gasteiger partial charge on any atom is -0.378 e. The average molecular weight is 266 g/mol. The molecule has 1 aromatic carbocycles. The number of nitrogens with one attached hydrogen (secondary N) is 1. The van der Waals surface area contributed by atoms with Gasteiger partial charge in [-0.15, -0.1) is 0 Å². The van der Waals surface area contributed by atoms with Gasteiger partial charge in [0.05, 0.1) is 11.6 Å². The van der Waals surface area contributed by atoms with Crippen LogP contribution in [-0.4, -0.2) is 6.04 Å². The molecule has 0 fully saturated rings. The second-order valence-electron chi connectivity index (χ2n) is 4.70. The topological polar surface area (TPSA) is 35.8 Å². The lowest BCUT2D eigenvalue weighted by Crippen LogP contribution is -2.21. The van der Waals surface area contributed by atoms with E-state index in [-0.39, 0.29) is 17.3 Å². The molecule has 0 aromatic heterocycles. The van der Waals surface area contributed by atoms with Gasteiger partial charge in [-0.25, -0.2) is 8.78 Å². The molecule has 0 radical (unpaired) electrons. The third-order valence-electron chi connectivity index (χ3n) is 3.06. The molecule has 19 heavy (non-hydrogen) atoms. The van der Waals surface area contributed by atoms with Gasteiger partial charge < -0.3 is 5.32 Å². The van der Waals surface area contributed by atoms with E-state index in [0.29, 0.717) is 0 Å². The van der Waals surface area contributed by atoms with Gasteiger partial charge >= 0.3 is 0 Å². The van der Waals surface area contributed by atoms with E-state index >= 15 is 0 Å². The first-order valence-corrected chi connectivity index (χ1v) is 6.78. The standard InChI is InChI=1S/C15H20F2N2/c1-3-5-7-12(6-4-2)19-15-13(16)8-11(10-18)9-14(15)17/h8-9,12,19H,3-7H2,1-2H3. The molecule has 0 bridgehead atoms. The summed E-state index contributed by atoms with van der Waals surface area (Å²) in [6.45, 7) is 4.14. The quantitative estimate of drug-likeness (QED) is 0.782. The fourth-order valence-corrected chi connectivity index (χ4v) is 2.07. The van der Waals surface area contributed by atoms with Crippen molar-refractivity contribution in [2.24, 2.45) is 0 Å². The van der Waals surface area contributed by atoms with E-state index < -0.39 is 11.6 Å². The molecule has 1 N–H and O–H groups in total. The Labute approximate surface area is 113 Å². The lowest BCUT2D eigenvalue weighted by molar-refractivity contribution is 0.542. The number of nitrogens with zero attached hydrogens (tertiary/aromatic N) is 1. The van der Waals surface area contributed by atoms with Gasteiger partial charge in [0.1, 0.15) is 5.69 Å². The summed E-state index contributed by atoms with van der Waals surface area (Å²) < 4.78 is 27.5. The normalized spacial score (nSPS) is 11.9. The molecule has 2 nitrogen and oxygen atoms in total. The maximum absolute atomic E-state index is 13.8. The van der Waals surface area contributed by atoms with Crippen LogP contribution in [0.25, 0.3) is 0 Å². The van der Waals surface area contributed by atoms with Gasteiger partial charge in [-0.05, 0) is 25.0 Å². The summed E-state index contributed by atoms with van der Waals surface area (Å²) in [6, 6.07) is 3.94. The lowest BCUT2D eigenvalue weighted by atomic mass is 10.0. The van der Waals surface area contributed by atoms with E-state index in [1.165, 1.54) is 0 Å². The van der Waals surface area contributed by atoms with Crippen LogP contribution in [0.2, 0.25) is 0 Å². The van der Waals surface area contributed by atoms with Crippen molar-refractivity contribution in [1.29, 1.82) is 5.26 Å². The summed E-state index contributed by atoms with van der Waals surface area (Å²) >= 11 is 0. The molecule has 1 rings (SSSR count). The third kappa shape index (κ3) is 4.51. The molecule has 0 saturated heterocycles. The van der Waals surface area contributed by atoms with Gasteiger partial charge in [0.2, 0.25) is 0 Å². The Morgan fingerprint density at radius 2 is 1.79 bits per heavy atom. The highest BCUT2D eigenvalue weighted by molar-refractivity contribution is 5.50. The van der Waals surface area contributed by atoms with Crippen LogP contribution in [0.3, 0.4) is 0 Å². The van der Waals surface area contributed by atoms with Crippen molar-refractivity contribution in [3.05, 3.63) is 29.3 Å². The molecule has 1 aromatic rings. The monoisotopic (exact) mass is 266 g/mol. The predicted molar refractivity (Wildman–Crippen MR) is 72.9 cm³/mol. The first-order valence-electron chi connectivity index (χ1n) is 6.78. The van der Waals surface area contributed by atoms with Gasteiger partial charge in [0, 0.05) is 6.04 Å². The van der Waals surface area contributed by atoms with Crippen molar-refractivity contribution in [2.75, 3.05) is 5.32 Å². The van der Waals surface area contributed by atoms with Gasteiger partial charge in [0.15, 0.2) is 11.6 Å². The highest BCUT2D eigenvalue weighted by atomic mass is 19.1. The smallest absolute Gasteiger partial charge is 0.150 e. The number of benzene rings is 1. The van der Waals surface area contributed by atoms with E-state index in [1.54, 1.807) is 6.07 Å². The Morgan fingerprint density at radius 1 is 1.16 bits per heavy atom. The molecule has 0 heterocycles.